The fourth-order valence-electron chi connectivity index (χ4n) is 9.01. The van der Waals surface area contributed by atoms with Gasteiger partial charge in [0.05, 0.1) is 0 Å². The predicted octanol–water partition coefficient (Wildman–Crippen LogP) is 13.3. The monoisotopic (exact) mass is 776 g/mol. The van der Waals surface area contributed by atoms with Crippen molar-refractivity contribution < 1.29 is 20.4 Å². The molecule has 0 fully saturated rings. The Balaban J connectivity index is 0.000000221. The third-order valence-corrected chi connectivity index (χ3v) is 12.6. The molecule has 0 amide bonds. The molecule has 0 aliphatic rings. The highest BCUT2D eigenvalue weighted by molar-refractivity contribution is 5.64. The van der Waals surface area contributed by atoms with Gasteiger partial charge in [0.2, 0.25) is 0 Å². The summed E-state index contributed by atoms with van der Waals surface area (Å²) in [4.78, 5) is 0. The molecule has 4 N–H and O–H groups in total. The highest BCUT2D eigenvalue weighted by Gasteiger charge is 2.38. The zero-order chi connectivity index (χ0) is 43.1. The van der Waals surface area contributed by atoms with Crippen molar-refractivity contribution in [1.82, 2.24) is 0 Å². The first-order valence-electron chi connectivity index (χ1n) is 20.3. The Hall–Kier alpha value is -5.48. The number of benzene rings is 6. The highest BCUT2D eigenvalue weighted by Crippen LogP contribution is 2.48. The first-order chi connectivity index (χ1) is 26.9. The standard InChI is InChI=1S/C28H34O2.C26H30O2/c1-26(2,3)22-17-20(13-15-24(22)29)28(7,19-11-9-8-10-12-19)21-14-16-25(30)23(18-21)27(4,5)6;1-15-13-22(27)17(3)19(5)24(15)26(7,21-11-9-8-10-12-21)25-16(2)14-23(28)18(4)20(25)6/h8-18,29-30H,1-7H3;8-14,27-28H,1-7H3. The number of aryl methyl sites for hydroxylation is 2. The van der Waals surface area contributed by atoms with Crippen molar-refractivity contribution in [2.45, 2.75) is 119 Å². The van der Waals surface area contributed by atoms with E-state index in [9.17, 15) is 20.4 Å². The van der Waals surface area contributed by atoms with Crippen molar-refractivity contribution >= 4 is 0 Å². The van der Waals surface area contributed by atoms with E-state index in [1.54, 1.807) is 0 Å². The highest BCUT2D eigenvalue weighted by atomic mass is 16.3. The molecule has 0 saturated carbocycles. The molecule has 0 bridgehead atoms. The maximum absolute atomic E-state index is 10.5. The molecule has 4 nitrogen and oxygen atoms in total. The molecule has 304 valence electrons. The summed E-state index contributed by atoms with van der Waals surface area (Å²) in [5, 5.41) is 41.8. The lowest BCUT2D eigenvalue weighted by Gasteiger charge is -2.38. The van der Waals surface area contributed by atoms with Crippen LogP contribution in [-0.2, 0) is 21.7 Å². The molecule has 0 spiro atoms. The molecule has 4 heteroatoms. The zero-order valence-electron chi connectivity index (χ0n) is 37.2. The van der Waals surface area contributed by atoms with E-state index in [0.717, 1.165) is 55.6 Å². The summed E-state index contributed by atoms with van der Waals surface area (Å²) in [7, 11) is 0. The van der Waals surface area contributed by atoms with Gasteiger partial charge in [-0.15, -0.1) is 0 Å². The summed E-state index contributed by atoms with van der Waals surface area (Å²) in [6, 6.07) is 36.6. The number of rotatable bonds is 6. The SMILES string of the molecule is CC(C)(C)c1cc(C(C)(c2ccccc2)c2ccc(O)c(C(C)(C)C)c2)ccc1O.Cc1cc(O)c(C)c(C)c1C(C)(c1ccccc1)c1c(C)cc(O)c(C)c1C. The molecule has 0 aliphatic carbocycles. The minimum absolute atomic E-state index is 0.177. The molecule has 0 saturated heterocycles. The zero-order valence-corrected chi connectivity index (χ0v) is 37.2. The normalized spacial score (nSPS) is 12.2. The van der Waals surface area contributed by atoms with Gasteiger partial charge in [0.25, 0.3) is 0 Å². The van der Waals surface area contributed by atoms with E-state index in [-0.39, 0.29) is 10.8 Å². The van der Waals surface area contributed by atoms with E-state index in [1.807, 2.05) is 62.4 Å². The van der Waals surface area contributed by atoms with Crippen LogP contribution in [0.15, 0.2) is 109 Å². The Morgan fingerprint density at radius 2 is 0.655 bits per heavy atom. The second kappa shape index (κ2) is 16.0. The molecular weight excluding hydrogens is 713 g/mol. The van der Waals surface area contributed by atoms with Crippen LogP contribution >= 0.6 is 0 Å². The lowest BCUT2D eigenvalue weighted by molar-refractivity contribution is 0.445. The van der Waals surface area contributed by atoms with Gasteiger partial charge in [0, 0.05) is 10.8 Å². The van der Waals surface area contributed by atoms with Gasteiger partial charge in [-0.25, -0.2) is 0 Å². The molecule has 0 atom stereocenters. The van der Waals surface area contributed by atoms with Gasteiger partial charge in [-0.05, 0) is 168 Å². The van der Waals surface area contributed by atoms with Gasteiger partial charge in [-0.1, -0.05) is 126 Å². The first-order valence-corrected chi connectivity index (χ1v) is 20.3. The maximum atomic E-state index is 10.5. The lowest BCUT2D eigenvalue weighted by Crippen LogP contribution is -2.30. The van der Waals surface area contributed by atoms with Crippen LogP contribution in [0.1, 0.15) is 133 Å². The summed E-state index contributed by atoms with van der Waals surface area (Å²) in [5.74, 6) is 1.32. The van der Waals surface area contributed by atoms with Crippen LogP contribution in [0.2, 0.25) is 0 Å². The van der Waals surface area contributed by atoms with Gasteiger partial charge < -0.3 is 20.4 Å². The molecule has 6 aromatic rings. The third-order valence-electron chi connectivity index (χ3n) is 12.6. The number of aromatic hydroxyl groups is 4. The third kappa shape index (κ3) is 7.99. The van der Waals surface area contributed by atoms with E-state index in [2.05, 4.69) is 144 Å². The summed E-state index contributed by atoms with van der Waals surface area (Å²) >= 11 is 0. The van der Waals surface area contributed by atoms with Gasteiger partial charge >= 0.3 is 0 Å². The molecule has 0 aliphatic heterocycles. The summed E-state index contributed by atoms with van der Waals surface area (Å²) in [5.41, 5.74) is 13.8. The molecule has 0 radical (unpaired) electrons. The largest absolute Gasteiger partial charge is 0.508 e. The minimum Gasteiger partial charge on any atom is -0.508 e. The first kappa shape index (κ1) is 43.6. The van der Waals surface area contributed by atoms with Crippen molar-refractivity contribution in [1.29, 1.82) is 0 Å². The minimum atomic E-state index is -0.442. The molecule has 0 aromatic heterocycles. The van der Waals surface area contributed by atoms with Gasteiger partial charge in [0.1, 0.15) is 23.0 Å². The van der Waals surface area contributed by atoms with E-state index in [4.69, 9.17) is 0 Å². The van der Waals surface area contributed by atoms with Crippen LogP contribution in [0, 0.1) is 41.5 Å². The smallest absolute Gasteiger partial charge is 0.119 e. The van der Waals surface area contributed by atoms with Crippen LogP contribution in [0.5, 0.6) is 23.0 Å². The fourth-order valence-corrected chi connectivity index (χ4v) is 9.01. The average molecular weight is 777 g/mol. The molecule has 58 heavy (non-hydrogen) atoms. The predicted molar refractivity (Wildman–Crippen MR) is 242 cm³/mol. The van der Waals surface area contributed by atoms with Crippen molar-refractivity contribution in [3.63, 3.8) is 0 Å². The number of phenols is 4. The Morgan fingerprint density at radius 1 is 0.328 bits per heavy atom. The molecule has 6 aromatic carbocycles. The molecule has 0 unspecified atom stereocenters. The summed E-state index contributed by atoms with van der Waals surface area (Å²) in [6.07, 6.45) is 0. The van der Waals surface area contributed by atoms with E-state index in [1.165, 1.54) is 22.3 Å². The van der Waals surface area contributed by atoms with Crippen molar-refractivity contribution in [2.75, 3.05) is 0 Å². The molecule has 6 rings (SSSR count). The summed E-state index contributed by atoms with van der Waals surface area (Å²) < 4.78 is 0. The second-order valence-corrected chi connectivity index (χ2v) is 18.6. The lowest BCUT2D eigenvalue weighted by atomic mass is 9.65. The second-order valence-electron chi connectivity index (χ2n) is 18.6. The number of hydrogen-bond acceptors (Lipinski definition) is 4. The number of phenolic OH excluding ortho intramolecular Hbond substituents is 4. The summed E-state index contributed by atoms with van der Waals surface area (Å²) in [6.45, 7) is 29.4. The Morgan fingerprint density at radius 3 is 0.983 bits per heavy atom. The van der Waals surface area contributed by atoms with Crippen molar-refractivity contribution in [2.24, 2.45) is 0 Å². The maximum Gasteiger partial charge on any atom is 0.119 e. The number of hydrogen-bond donors (Lipinski definition) is 4. The van der Waals surface area contributed by atoms with E-state index < -0.39 is 10.8 Å². The van der Waals surface area contributed by atoms with E-state index in [0.29, 0.717) is 23.0 Å². The van der Waals surface area contributed by atoms with Gasteiger partial charge in [-0.2, -0.15) is 0 Å². The Kier molecular flexibility index (Phi) is 12.1. The van der Waals surface area contributed by atoms with Crippen LogP contribution in [0.3, 0.4) is 0 Å². The quantitative estimate of drug-likeness (QED) is 0.127. The average Bonchev–Trinajstić information content (AvgIpc) is 3.16. The molecule has 0 heterocycles. The van der Waals surface area contributed by atoms with Gasteiger partial charge in [-0.3, -0.25) is 0 Å². The van der Waals surface area contributed by atoms with Gasteiger partial charge in [0.15, 0.2) is 0 Å². The van der Waals surface area contributed by atoms with Crippen molar-refractivity contribution in [3.05, 3.63) is 187 Å². The fraction of sp³-hybridized carbons (Fsp3) is 0.333. The molecular formula is C54H64O4. The Labute approximate surface area is 347 Å². The van der Waals surface area contributed by atoms with Crippen molar-refractivity contribution in [3.8, 4) is 23.0 Å². The van der Waals surface area contributed by atoms with Crippen LogP contribution in [0.25, 0.3) is 0 Å². The van der Waals surface area contributed by atoms with Crippen LogP contribution in [0.4, 0.5) is 0 Å². The van der Waals surface area contributed by atoms with Crippen LogP contribution < -0.4 is 0 Å². The topological polar surface area (TPSA) is 80.9 Å². The Bertz CT molecular complexity index is 2300. The van der Waals surface area contributed by atoms with E-state index >= 15 is 0 Å². The van der Waals surface area contributed by atoms with Crippen LogP contribution in [-0.4, -0.2) is 20.4 Å².